The first-order valence-electron chi connectivity index (χ1n) is 16.3. The minimum absolute atomic E-state index is 0.0260. The van der Waals surface area contributed by atoms with E-state index in [9.17, 15) is 24.3 Å². The van der Waals surface area contributed by atoms with E-state index in [4.69, 9.17) is 4.74 Å². The summed E-state index contributed by atoms with van der Waals surface area (Å²) in [6.07, 6.45) is 11.8. The lowest BCUT2D eigenvalue weighted by molar-refractivity contribution is -0.155. The molecule has 5 unspecified atom stereocenters. The van der Waals surface area contributed by atoms with Crippen molar-refractivity contribution in [3.8, 4) is 0 Å². The second-order valence-corrected chi connectivity index (χ2v) is 13.4. The van der Waals surface area contributed by atoms with Gasteiger partial charge in [-0.3, -0.25) is 19.4 Å². The van der Waals surface area contributed by atoms with Gasteiger partial charge in [0.1, 0.15) is 0 Å². The molecular weight excluding hydrogens is 538 g/mol. The third kappa shape index (κ3) is 9.05. The van der Waals surface area contributed by atoms with Crippen molar-refractivity contribution in [1.82, 2.24) is 26.4 Å². The monoisotopic (exact) mass is 591 g/mol. The van der Waals surface area contributed by atoms with Crippen LogP contribution in [0.5, 0.6) is 0 Å². The van der Waals surface area contributed by atoms with E-state index in [-0.39, 0.29) is 66.9 Å². The lowest BCUT2D eigenvalue weighted by Crippen LogP contribution is -2.62. The molecule has 5 atom stereocenters. The van der Waals surface area contributed by atoms with Crippen molar-refractivity contribution in [2.45, 2.75) is 146 Å². The summed E-state index contributed by atoms with van der Waals surface area (Å²) in [5.74, 6) is -1.16. The Morgan fingerprint density at radius 3 is 2.19 bits per heavy atom. The van der Waals surface area contributed by atoms with Crippen LogP contribution in [0.4, 0.5) is 4.79 Å². The number of nitrogens with zero attached hydrogens (tertiary/aromatic N) is 1. The molecule has 0 radical (unpaired) electrons. The number of urea groups is 1. The van der Waals surface area contributed by atoms with E-state index in [0.717, 1.165) is 64.2 Å². The van der Waals surface area contributed by atoms with Gasteiger partial charge in [0.05, 0.1) is 18.6 Å². The number of ether oxygens (including phenoxy) is 1. The second-order valence-electron chi connectivity index (χ2n) is 13.4. The molecule has 3 saturated carbocycles. The maximum Gasteiger partial charge on any atom is 0.315 e. The number of carbonyl (C=O) groups excluding carboxylic acids is 3. The highest BCUT2D eigenvalue weighted by Crippen LogP contribution is 2.34. The van der Waals surface area contributed by atoms with E-state index in [1.165, 1.54) is 12.8 Å². The van der Waals surface area contributed by atoms with E-state index >= 15 is 0 Å². The van der Waals surface area contributed by atoms with Crippen LogP contribution < -0.4 is 21.4 Å². The van der Waals surface area contributed by atoms with Crippen molar-refractivity contribution < 1.29 is 29.0 Å². The second kappa shape index (κ2) is 15.4. The molecule has 0 spiro atoms. The predicted molar refractivity (Wildman–Crippen MR) is 158 cm³/mol. The molecule has 1 saturated heterocycles. The maximum atomic E-state index is 13.6. The molecule has 238 valence electrons. The Morgan fingerprint density at radius 2 is 1.57 bits per heavy atom. The Balaban J connectivity index is 1.24. The molecule has 1 aliphatic heterocycles. The number of aliphatic carboxylic acids is 1. The summed E-state index contributed by atoms with van der Waals surface area (Å²) >= 11 is 0. The van der Waals surface area contributed by atoms with Gasteiger partial charge in [-0.2, -0.15) is 0 Å². The first-order chi connectivity index (χ1) is 20.1. The van der Waals surface area contributed by atoms with E-state index in [0.29, 0.717) is 12.3 Å². The van der Waals surface area contributed by atoms with Crippen LogP contribution in [0.3, 0.4) is 0 Å². The fraction of sp³-hybridized carbons (Fsp3) is 0.871. The Morgan fingerprint density at radius 1 is 0.929 bits per heavy atom. The Hall–Kier alpha value is -2.40. The van der Waals surface area contributed by atoms with Gasteiger partial charge in [0.15, 0.2) is 0 Å². The van der Waals surface area contributed by atoms with Gasteiger partial charge in [-0.05, 0) is 89.4 Å². The fourth-order valence-corrected chi connectivity index (χ4v) is 7.68. The van der Waals surface area contributed by atoms with Crippen molar-refractivity contribution in [1.29, 1.82) is 0 Å². The van der Waals surface area contributed by atoms with Crippen molar-refractivity contribution in [3.05, 3.63) is 0 Å². The number of hydrazine groups is 1. The molecule has 4 amide bonds. The SMILES string of the molecule is COC1CCC(C(CC(=O)O)N2NC(C)CC(CC(=O)NC3CCC(NC(=O)NC4CCCCC4C)CC3)C2=O)CC1. The summed E-state index contributed by atoms with van der Waals surface area (Å²) in [7, 11) is 1.70. The first kappa shape index (κ1) is 32.5. The highest BCUT2D eigenvalue weighted by Gasteiger charge is 2.42. The van der Waals surface area contributed by atoms with Crippen LogP contribution in [0, 0.1) is 17.8 Å². The first-order valence-corrected chi connectivity index (χ1v) is 16.3. The molecule has 4 rings (SSSR count). The topological polar surface area (TPSA) is 149 Å². The molecule has 11 nitrogen and oxygen atoms in total. The van der Waals surface area contributed by atoms with Crippen LogP contribution in [-0.2, 0) is 19.1 Å². The van der Waals surface area contributed by atoms with Gasteiger partial charge in [-0.1, -0.05) is 19.8 Å². The zero-order valence-electron chi connectivity index (χ0n) is 25.7. The van der Waals surface area contributed by atoms with E-state index < -0.39 is 17.9 Å². The van der Waals surface area contributed by atoms with Gasteiger partial charge in [-0.15, -0.1) is 0 Å². The molecular formula is C31H53N5O6. The predicted octanol–water partition coefficient (Wildman–Crippen LogP) is 3.47. The highest BCUT2D eigenvalue weighted by molar-refractivity contribution is 5.86. The summed E-state index contributed by atoms with van der Waals surface area (Å²) in [6, 6.07) is -0.215. The van der Waals surface area contributed by atoms with Gasteiger partial charge in [0.2, 0.25) is 11.8 Å². The number of rotatable bonds is 10. The van der Waals surface area contributed by atoms with Crippen LogP contribution in [0.25, 0.3) is 0 Å². The molecule has 11 heteroatoms. The average molecular weight is 592 g/mol. The van der Waals surface area contributed by atoms with Crippen LogP contribution in [-0.4, -0.2) is 77.4 Å². The summed E-state index contributed by atoms with van der Waals surface area (Å²) in [5.41, 5.74) is 3.24. The lowest BCUT2D eigenvalue weighted by atomic mass is 9.80. The van der Waals surface area contributed by atoms with Crippen LogP contribution in [0.2, 0.25) is 0 Å². The third-order valence-corrected chi connectivity index (χ3v) is 10.2. The number of nitrogens with one attached hydrogen (secondary N) is 4. The number of carboxylic acid groups (broad SMARTS) is 1. The Kier molecular flexibility index (Phi) is 11.9. The molecule has 4 aliphatic rings. The van der Waals surface area contributed by atoms with Gasteiger partial charge in [-0.25, -0.2) is 10.2 Å². The van der Waals surface area contributed by atoms with Crippen molar-refractivity contribution in [2.24, 2.45) is 17.8 Å². The Labute approximate surface area is 250 Å². The number of carbonyl (C=O) groups is 4. The number of hydrogen-bond acceptors (Lipinski definition) is 6. The number of carboxylic acids is 1. The molecule has 5 N–H and O–H groups in total. The number of methoxy groups -OCH3 is 1. The normalized spacial score (nSPS) is 34.7. The number of hydrogen-bond donors (Lipinski definition) is 5. The quantitative estimate of drug-likeness (QED) is 0.261. The third-order valence-electron chi connectivity index (χ3n) is 10.2. The molecule has 0 bridgehead atoms. The highest BCUT2D eigenvalue weighted by atomic mass is 16.5. The Bertz CT molecular complexity index is 933. The molecule has 0 aromatic heterocycles. The summed E-state index contributed by atoms with van der Waals surface area (Å²) in [6.45, 7) is 4.18. The summed E-state index contributed by atoms with van der Waals surface area (Å²) in [5, 5.41) is 20.6. The zero-order chi connectivity index (χ0) is 30.2. The van der Waals surface area contributed by atoms with Crippen LogP contribution >= 0.6 is 0 Å². The van der Waals surface area contributed by atoms with Crippen LogP contribution in [0.1, 0.15) is 110 Å². The minimum atomic E-state index is -0.929. The van der Waals surface area contributed by atoms with Crippen molar-refractivity contribution >= 4 is 23.8 Å². The molecule has 0 aromatic rings. The average Bonchev–Trinajstić information content (AvgIpc) is 2.96. The molecule has 3 aliphatic carbocycles. The number of amides is 4. The smallest absolute Gasteiger partial charge is 0.315 e. The standard InChI is InChI=1S/C31H53N5O6/c1-19-6-4-5-7-26(19)34-31(41)33-24-12-10-23(11-13-24)32-28(37)17-22-16-20(2)35-36(30(22)40)27(18-29(38)39)21-8-14-25(42-3)15-9-21/h19-27,35H,4-18H2,1-3H3,(H,32,37)(H,38,39)(H2,33,34,41). The lowest BCUT2D eigenvalue weighted by Gasteiger charge is -2.45. The summed E-state index contributed by atoms with van der Waals surface area (Å²) < 4.78 is 5.48. The summed E-state index contributed by atoms with van der Waals surface area (Å²) in [4.78, 5) is 51.0. The van der Waals surface area contributed by atoms with Gasteiger partial charge < -0.3 is 25.8 Å². The van der Waals surface area contributed by atoms with E-state index in [2.05, 4.69) is 28.3 Å². The molecule has 0 aromatic carbocycles. The van der Waals surface area contributed by atoms with E-state index in [1.807, 2.05) is 6.92 Å². The molecule has 42 heavy (non-hydrogen) atoms. The fourth-order valence-electron chi connectivity index (χ4n) is 7.68. The largest absolute Gasteiger partial charge is 0.481 e. The molecule has 4 fully saturated rings. The van der Waals surface area contributed by atoms with Crippen LogP contribution in [0.15, 0.2) is 0 Å². The van der Waals surface area contributed by atoms with Gasteiger partial charge >= 0.3 is 12.0 Å². The van der Waals surface area contributed by atoms with Crippen molar-refractivity contribution in [3.63, 3.8) is 0 Å². The maximum absolute atomic E-state index is 13.6. The van der Waals surface area contributed by atoms with Gasteiger partial charge in [0, 0.05) is 43.6 Å². The van der Waals surface area contributed by atoms with Crippen molar-refractivity contribution in [2.75, 3.05) is 7.11 Å². The van der Waals surface area contributed by atoms with Gasteiger partial charge in [0.25, 0.3) is 0 Å². The van der Waals surface area contributed by atoms with E-state index in [1.54, 1.807) is 12.1 Å². The zero-order valence-corrected chi connectivity index (χ0v) is 25.7. The minimum Gasteiger partial charge on any atom is -0.481 e. The molecule has 1 heterocycles.